The molecule has 2 amide bonds. The molecule has 0 aromatic heterocycles. The highest BCUT2D eigenvalue weighted by Gasteiger charge is 2.66. The largest absolute Gasteiger partial charge is 0.504 e. The molecular formula is C47H78N4O10. The van der Waals surface area contributed by atoms with E-state index < -0.39 is 17.1 Å². The number of phenols is 1. The maximum atomic E-state index is 13.8. The summed E-state index contributed by atoms with van der Waals surface area (Å²) in [6, 6.07) is 3.44. The third-order valence-electron chi connectivity index (χ3n) is 13.4. The number of nitrogens with zero attached hydrogens (tertiary/aromatic N) is 2. The van der Waals surface area contributed by atoms with Gasteiger partial charge in [0.05, 0.1) is 36.6 Å². The van der Waals surface area contributed by atoms with Crippen LogP contribution >= 0.6 is 0 Å². The molecule has 14 nitrogen and oxygen atoms in total. The van der Waals surface area contributed by atoms with Crippen molar-refractivity contribution < 1.29 is 48.3 Å². The minimum absolute atomic E-state index is 0.0425. The Morgan fingerprint density at radius 1 is 0.934 bits per heavy atom. The number of carbonyl (C=O) groups excluding carboxylic acids is 3. The molecule has 0 spiro atoms. The molecule has 0 radical (unpaired) electrons. The number of hydrogen-bond donors (Lipinski definition) is 4. The Hall–Kier alpha value is -2.85. The first-order chi connectivity index (χ1) is 29.1. The van der Waals surface area contributed by atoms with Gasteiger partial charge in [-0.3, -0.25) is 14.5 Å². The molecule has 1 aromatic rings. The van der Waals surface area contributed by atoms with Crippen LogP contribution in [0.4, 0.5) is 4.79 Å². The molecule has 1 heterocycles. The fourth-order valence-electron chi connectivity index (χ4n) is 9.56. The lowest BCUT2D eigenvalue weighted by molar-refractivity contribution is -0.173. The average Bonchev–Trinajstić information content (AvgIpc) is 4.03. The molecule has 0 unspecified atom stereocenters. The molecule has 4 N–H and O–H groups in total. The number of piperidine rings is 1. The maximum absolute atomic E-state index is 13.8. The second kappa shape index (κ2) is 22.7. The topological polar surface area (TPSA) is 168 Å². The predicted molar refractivity (Wildman–Crippen MR) is 234 cm³/mol. The zero-order valence-electron chi connectivity index (χ0n) is 38.2. The first-order valence-corrected chi connectivity index (χ1v) is 23.3. The van der Waals surface area contributed by atoms with Gasteiger partial charge in [-0.05, 0) is 136 Å². The van der Waals surface area contributed by atoms with Gasteiger partial charge in [0.15, 0.2) is 11.5 Å². The number of nitrogens with one attached hydrogen (secondary N) is 2. The van der Waals surface area contributed by atoms with Crippen LogP contribution in [0, 0.1) is 5.92 Å². The van der Waals surface area contributed by atoms with E-state index in [1.54, 1.807) is 18.1 Å². The van der Waals surface area contributed by atoms with E-state index in [-0.39, 0.29) is 46.9 Å². The van der Waals surface area contributed by atoms with Crippen molar-refractivity contribution in [3.63, 3.8) is 0 Å². The van der Waals surface area contributed by atoms with Crippen molar-refractivity contribution in [3.05, 3.63) is 23.3 Å². The minimum atomic E-state index is -1.15. The number of ketones is 1. The number of phenolic OH excluding ortho intramolecular Hbond substituents is 1. The molecule has 3 aliphatic carbocycles. The summed E-state index contributed by atoms with van der Waals surface area (Å²) in [5.41, 5.74) is -1.14. The van der Waals surface area contributed by atoms with Crippen LogP contribution < -0.4 is 15.4 Å². The Bertz CT molecular complexity index is 1590. The maximum Gasteiger partial charge on any atom is 0.415 e. The van der Waals surface area contributed by atoms with Crippen molar-refractivity contribution in [1.82, 2.24) is 20.4 Å². The molecule has 3 atom stereocenters. The van der Waals surface area contributed by atoms with E-state index in [0.717, 1.165) is 51.0 Å². The van der Waals surface area contributed by atoms with Crippen LogP contribution in [0.2, 0.25) is 0 Å². The fraction of sp³-hybridized carbons (Fsp3) is 0.809. The standard InChI is InChI=1S/C47H78N4O10/c1-7-48-22-10-24-50(25-11-23-49-40(53)12-8-9-27-58-30-31-60-45(4,5)21-29-59-44(2,3)20-28-57-6)43(55)61-38-16-15-36-32-39-47(56)18-17-37(52)33-46(47,41(36)42(38)54)19-26-51(39)34-35-13-14-35/h15-16,35,39,48,54,56H,7-14,17-34H2,1-6H3,(H,49,53)/t39-,46-,47-/m1/s1. The molecular weight excluding hydrogens is 781 g/mol. The molecule has 2 bridgehead atoms. The van der Waals surface area contributed by atoms with Crippen molar-refractivity contribution in [2.24, 2.45) is 5.92 Å². The predicted octanol–water partition coefficient (Wildman–Crippen LogP) is 5.67. The van der Waals surface area contributed by atoms with Gasteiger partial charge in [0, 0.05) is 82.8 Å². The van der Waals surface area contributed by atoms with E-state index >= 15 is 0 Å². The lowest BCUT2D eigenvalue weighted by Crippen LogP contribution is -2.73. The highest BCUT2D eigenvalue weighted by atomic mass is 16.6. The summed E-state index contributed by atoms with van der Waals surface area (Å²) >= 11 is 0. The monoisotopic (exact) mass is 859 g/mol. The van der Waals surface area contributed by atoms with Gasteiger partial charge in [0.1, 0.15) is 5.78 Å². The number of hydrogen-bond acceptors (Lipinski definition) is 12. The zero-order valence-corrected chi connectivity index (χ0v) is 38.2. The number of carbonyl (C=O) groups is 3. The van der Waals surface area contributed by atoms with Gasteiger partial charge in [0.25, 0.3) is 0 Å². The summed E-state index contributed by atoms with van der Waals surface area (Å²) in [6.07, 6.45) is 8.57. The second-order valence-electron chi connectivity index (χ2n) is 19.1. The Kier molecular flexibility index (Phi) is 18.3. The van der Waals surface area contributed by atoms with Crippen LogP contribution in [-0.4, -0.2) is 147 Å². The van der Waals surface area contributed by atoms with Crippen LogP contribution in [0.1, 0.15) is 129 Å². The number of ether oxygens (including phenoxy) is 5. The minimum Gasteiger partial charge on any atom is -0.504 e. The number of aromatic hydroxyl groups is 1. The number of amides is 2. The highest BCUT2D eigenvalue weighted by Crippen LogP contribution is 2.60. The number of aliphatic hydroxyl groups is 1. The molecule has 2 saturated carbocycles. The van der Waals surface area contributed by atoms with Gasteiger partial charge in [-0.2, -0.15) is 0 Å². The Labute approximate surface area is 365 Å². The van der Waals surface area contributed by atoms with Crippen molar-refractivity contribution in [1.29, 1.82) is 0 Å². The van der Waals surface area contributed by atoms with Gasteiger partial charge in [-0.1, -0.05) is 13.0 Å². The number of fused-ring (bicyclic) bond motifs is 1. The third kappa shape index (κ3) is 13.6. The number of Topliss-reactive ketones (excluding diaryl/α,β-unsaturated/α-hetero) is 1. The summed E-state index contributed by atoms with van der Waals surface area (Å²) in [7, 11) is 1.70. The molecule has 5 rings (SSSR count). The van der Waals surface area contributed by atoms with Crippen LogP contribution in [0.25, 0.3) is 0 Å². The zero-order chi connectivity index (χ0) is 44.1. The second-order valence-corrected chi connectivity index (χ2v) is 19.1. The van der Waals surface area contributed by atoms with Gasteiger partial charge in [-0.25, -0.2) is 4.79 Å². The van der Waals surface area contributed by atoms with Crippen molar-refractivity contribution in [2.45, 2.75) is 153 Å². The number of rotatable bonds is 28. The quantitative estimate of drug-likeness (QED) is 0.0765. The van der Waals surface area contributed by atoms with Gasteiger partial charge >= 0.3 is 6.09 Å². The van der Waals surface area contributed by atoms with E-state index in [1.165, 1.54) is 12.8 Å². The Balaban J connectivity index is 1.04. The normalized spacial score (nSPS) is 22.7. The van der Waals surface area contributed by atoms with E-state index in [2.05, 4.69) is 43.2 Å². The highest BCUT2D eigenvalue weighted by molar-refractivity contribution is 5.83. The van der Waals surface area contributed by atoms with Gasteiger partial charge < -0.3 is 49.4 Å². The summed E-state index contributed by atoms with van der Waals surface area (Å²) in [6.45, 7) is 17.6. The van der Waals surface area contributed by atoms with Crippen LogP contribution in [0.5, 0.6) is 11.5 Å². The fourth-order valence-corrected chi connectivity index (χ4v) is 9.56. The number of unbranched alkanes of at least 4 members (excludes halogenated alkanes) is 1. The van der Waals surface area contributed by atoms with Gasteiger partial charge in [-0.15, -0.1) is 0 Å². The smallest absolute Gasteiger partial charge is 0.415 e. The number of methoxy groups -OCH3 is 1. The SMILES string of the molecule is CCNCCCN(CCCNC(=O)CCCCOCCOC(C)(C)CCOC(C)(C)CCOC)C(=O)Oc1ccc2c(c1O)[C@]13CCN(CC4CC4)[C@H](C2)[C@]1(O)CCC(=O)C3. The van der Waals surface area contributed by atoms with Crippen LogP contribution in [-0.2, 0) is 40.4 Å². The van der Waals surface area contributed by atoms with E-state index in [9.17, 15) is 24.6 Å². The summed E-state index contributed by atoms with van der Waals surface area (Å²) in [5, 5.41) is 30.7. The molecule has 14 heteroatoms. The van der Waals surface area contributed by atoms with E-state index in [0.29, 0.717) is 116 Å². The van der Waals surface area contributed by atoms with Crippen molar-refractivity contribution >= 4 is 17.8 Å². The van der Waals surface area contributed by atoms with Crippen LogP contribution in [0.3, 0.4) is 0 Å². The first kappa shape index (κ1) is 49.2. The lowest BCUT2D eigenvalue weighted by atomic mass is 9.49. The summed E-state index contributed by atoms with van der Waals surface area (Å²) in [4.78, 5) is 43.5. The van der Waals surface area contributed by atoms with Crippen molar-refractivity contribution in [2.75, 3.05) is 86.0 Å². The van der Waals surface area contributed by atoms with Crippen LogP contribution in [0.15, 0.2) is 12.1 Å². The Morgan fingerprint density at radius 2 is 1.66 bits per heavy atom. The molecule has 61 heavy (non-hydrogen) atoms. The summed E-state index contributed by atoms with van der Waals surface area (Å²) in [5.74, 6) is 0.616. The summed E-state index contributed by atoms with van der Waals surface area (Å²) < 4.78 is 28.9. The number of benzene rings is 1. The lowest BCUT2D eigenvalue weighted by Gasteiger charge is -2.63. The molecule has 1 saturated heterocycles. The Morgan fingerprint density at radius 3 is 2.38 bits per heavy atom. The average molecular weight is 859 g/mol. The molecule has 4 aliphatic rings. The first-order valence-electron chi connectivity index (χ1n) is 23.3. The van der Waals surface area contributed by atoms with E-state index in [1.807, 2.05) is 13.0 Å². The van der Waals surface area contributed by atoms with Crippen molar-refractivity contribution in [3.8, 4) is 11.5 Å². The third-order valence-corrected chi connectivity index (χ3v) is 13.4. The molecule has 3 fully saturated rings. The number of likely N-dealkylation sites (tertiary alicyclic amines) is 1. The molecule has 1 aliphatic heterocycles. The van der Waals surface area contributed by atoms with E-state index in [4.69, 9.17) is 23.7 Å². The molecule has 1 aromatic carbocycles. The molecule has 346 valence electrons. The van der Waals surface area contributed by atoms with Gasteiger partial charge in [0.2, 0.25) is 5.91 Å².